The summed E-state index contributed by atoms with van der Waals surface area (Å²) in [5.74, 6) is -0.174. The number of aromatic nitrogens is 2. The van der Waals surface area contributed by atoms with Gasteiger partial charge in [0.1, 0.15) is 11.6 Å². The highest BCUT2D eigenvalue weighted by atomic mass is 16.6. The highest BCUT2D eigenvalue weighted by Gasteiger charge is 2.51. The molecule has 1 aliphatic heterocycles. The number of ether oxygens (including phenoxy) is 1. The molecule has 1 aliphatic carbocycles. The maximum Gasteiger partial charge on any atom is 0.339 e. The number of hydrogen-bond acceptors (Lipinski definition) is 3. The van der Waals surface area contributed by atoms with Gasteiger partial charge in [-0.25, -0.2) is 9.78 Å². The third-order valence-electron chi connectivity index (χ3n) is 5.11. The lowest BCUT2D eigenvalue weighted by molar-refractivity contribution is -0.0434. The minimum atomic E-state index is -0.407. The van der Waals surface area contributed by atoms with Crippen LogP contribution in [0.2, 0.25) is 0 Å². The Kier molecular flexibility index (Phi) is 3.06. The van der Waals surface area contributed by atoms with E-state index in [1.807, 2.05) is 30.7 Å². The lowest BCUT2D eigenvalue weighted by atomic mass is 9.81. The summed E-state index contributed by atoms with van der Waals surface area (Å²) in [7, 11) is 0. The van der Waals surface area contributed by atoms with E-state index in [2.05, 4.69) is 22.5 Å². The van der Waals surface area contributed by atoms with Gasteiger partial charge in [0.25, 0.3) is 0 Å². The van der Waals surface area contributed by atoms with Gasteiger partial charge in [0.15, 0.2) is 0 Å². The molecule has 4 rings (SSSR count). The monoisotopic (exact) mass is 296 g/mol. The molecule has 2 heterocycles. The van der Waals surface area contributed by atoms with Crippen molar-refractivity contribution < 1.29 is 9.53 Å². The first-order valence-electron chi connectivity index (χ1n) is 8.08. The number of benzene rings is 1. The molecule has 1 unspecified atom stereocenters. The first-order chi connectivity index (χ1) is 10.7. The van der Waals surface area contributed by atoms with Crippen molar-refractivity contribution in [3.05, 3.63) is 53.6 Å². The van der Waals surface area contributed by atoms with Gasteiger partial charge in [-0.05, 0) is 43.7 Å². The van der Waals surface area contributed by atoms with Crippen molar-refractivity contribution in [2.75, 3.05) is 0 Å². The van der Waals surface area contributed by atoms with Crippen LogP contribution in [0.4, 0.5) is 0 Å². The van der Waals surface area contributed by atoms with E-state index in [9.17, 15) is 4.79 Å². The van der Waals surface area contributed by atoms with Gasteiger partial charge in [0.05, 0.1) is 11.9 Å². The Morgan fingerprint density at radius 3 is 2.86 bits per heavy atom. The van der Waals surface area contributed by atoms with Crippen molar-refractivity contribution in [3.8, 4) is 0 Å². The van der Waals surface area contributed by atoms with E-state index in [-0.39, 0.29) is 12.0 Å². The number of aryl methyl sites for hydroxylation is 1. The molecule has 4 heteroatoms. The Morgan fingerprint density at radius 1 is 1.32 bits per heavy atom. The number of carbonyl (C=O) groups is 1. The summed E-state index contributed by atoms with van der Waals surface area (Å²) in [5, 5.41) is 0. The third kappa shape index (κ3) is 1.83. The molecule has 1 fully saturated rings. The van der Waals surface area contributed by atoms with Crippen LogP contribution in [0.25, 0.3) is 0 Å². The van der Waals surface area contributed by atoms with Crippen LogP contribution in [0.5, 0.6) is 0 Å². The van der Waals surface area contributed by atoms with E-state index in [0.717, 1.165) is 37.7 Å². The Hall–Kier alpha value is -2.10. The smallest absolute Gasteiger partial charge is 0.339 e. The minimum absolute atomic E-state index is 0.0429. The van der Waals surface area contributed by atoms with E-state index in [0.29, 0.717) is 5.56 Å². The van der Waals surface area contributed by atoms with Gasteiger partial charge >= 0.3 is 5.97 Å². The SMILES string of the molecule is CCc1cncn1C1c2ccccc2C(=O)OC12CCCC2. The standard InChI is InChI=1S/C18H20N2O2/c1-2-13-11-19-12-20(13)16-14-7-3-4-8-15(14)17(21)22-18(16)9-5-6-10-18/h3-4,7-8,11-12,16H,2,5-6,9-10H2,1H3. The van der Waals surface area contributed by atoms with Gasteiger partial charge in [0.2, 0.25) is 0 Å². The maximum absolute atomic E-state index is 12.5. The second-order valence-corrected chi connectivity index (χ2v) is 6.30. The molecule has 0 saturated heterocycles. The Morgan fingerprint density at radius 2 is 2.09 bits per heavy atom. The van der Waals surface area contributed by atoms with Gasteiger partial charge < -0.3 is 9.30 Å². The molecule has 1 spiro atoms. The van der Waals surface area contributed by atoms with Crippen LogP contribution < -0.4 is 0 Å². The lowest BCUT2D eigenvalue weighted by Crippen LogP contribution is -2.46. The average Bonchev–Trinajstić information content (AvgIpc) is 3.18. The van der Waals surface area contributed by atoms with Crippen LogP contribution in [0, 0.1) is 0 Å². The molecule has 2 aromatic rings. The van der Waals surface area contributed by atoms with Gasteiger partial charge in [-0.2, -0.15) is 0 Å². The summed E-state index contributed by atoms with van der Waals surface area (Å²) in [6.45, 7) is 2.13. The van der Waals surface area contributed by atoms with Gasteiger partial charge in [-0.15, -0.1) is 0 Å². The zero-order valence-corrected chi connectivity index (χ0v) is 12.8. The number of imidazole rings is 1. The topological polar surface area (TPSA) is 44.1 Å². The predicted octanol–water partition coefficient (Wildman–Crippen LogP) is 3.52. The summed E-state index contributed by atoms with van der Waals surface area (Å²) in [5.41, 5.74) is 2.55. The van der Waals surface area contributed by atoms with Crippen molar-refractivity contribution in [1.82, 2.24) is 9.55 Å². The highest BCUT2D eigenvalue weighted by molar-refractivity contribution is 5.93. The van der Waals surface area contributed by atoms with Gasteiger partial charge in [0, 0.05) is 11.9 Å². The summed E-state index contributed by atoms with van der Waals surface area (Å²) >= 11 is 0. The zero-order chi connectivity index (χ0) is 15.2. The van der Waals surface area contributed by atoms with Crippen LogP contribution in [-0.4, -0.2) is 21.1 Å². The molecule has 1 atom stereocenters. The fourth-order valence-electron chi connectivity index (χ4n) is 4.09. The Balaban J connectivity index is 1.94. The van der Waals surface area contributed by atoms with Crippen LogP contribution >= 0.6 is 0 Å². The minimum Gasteiger partial charge on any atom is -0.453 e. The van der Waals surface area contributed by atoms with Crippen LogP contribution in [0.15, 0.2) is 36.8 Å². The molecular weight excluding hydrogens is 276 g/mol. The summed E-state index contributed by atoms with van der Waals surface area (Å²) in [6.07, 6.45) is 8.81. The highest BCUT2D eigenvalue weighted by Crippen LogP contribution is 2.49. The second kappa shape index (κ2) is 4.97. The van der Waals surface area contributed by atoms with E-state index in [4.69, 9.17) is 4.74 Å². The van der Waals surface area contributed by atoms with Crippen molar-refractivity contribution in [2.45, 2.75) is 50.7 Å². The summed E-state index contributed by atoms with van der Waals surface area (Å²) < 4.78 is 8.23. The van der Waals surface area contributed by atoms with Crippen LogP contribution in [0.3, 0.4) is 0 Å². The fraction of sp³-hybridized carbons (Fsp3) is 0.444. The van der Waals surface area contributed by atoms with E-state index < -0.39 is 5.60 Å². The molecule has 1 aromatic heterocycles. The van der Waals surface area contributed by atoms with Crippen molar-refractivity contribution >= 4 is 5.97 Å². The molecule has 2 aliphatic rings. The number of fused-ring (bicyclic) bond motifs is 1. The second-order valence-electron chi connectivity index (χ2n) is 6.30. The Labute approximate surface area is 130 Å². The van der Waals surface area contributed by atoms with Gasteiger partial charge in [-0.1, -0.05) is 25.1 Å². The molecule has 4 nitrogen and oxygen atoms in total. The number of rotatable bonds is 2. The van der Waals surface area contributed by atoms with Crippen molar-refractivity contribution in [3.63, 3.8) is 0 Å². The first-order valence-corrected chi connectivity index (χ1v) is 8.08. The molecule has 0 bridgehead atoms. The first kappa shape index (κ1) is 13.6. The number of carbonyl (C=O) groups excluding carboxylic acids is 1. The van der Waals surface area contributed by atoms with E-state index in [1.54, 1.807) is 0 Å². The van der Waals surface area contributed by atoms with Crippen LogP contribution in [-0.2, 0) is 11.2 Å². The maximum atomic E-state index is 12.5. The van der Waals surface area contributed by atoms with E-state index in [1.165, 1.54) is 5.69 Å². The van der Waals surface area contributed by atoms with Gasteiger partial charge in [-0.3, -0.25) is 0 Å². The molecule has 0 N–H and O–H groups in total. The zero-order valence-electron chi connectivity index (χ0n) is 12.8. The number of hydrogen-bond donors (Lipinski definition) is 0. The third-order valence-corrected chi connectivity index (χ3v) is 5.11. The number of nitrogens with zero attached hydrogens (tertiary/aromatic N) is 2. The predicted molar refractivity (Wildman–Crippen MR) is 82.8 cm³/mol. The molecule has 22 heavy (non-hydrogen) atoms. The van der Waals surface area contributed by atoms with Crippen molar-refractivity contribution in [1.29, 1.82) is 0 Å². The molecule has 0 radical (unpaired) electrons. The summed E-state index contributed by atoms with van der Waals surface area (Å²) in [4.78, 5) is 16.8. The quantitative estimate of drug-likeness (QED) is 0.796. The lowest BCUT2D eigenvalue weighted by Gasteiger charge is -2.42. The van der Waals surface area contributed by atoms with Crippen LogP contribution in [0.1, 0.15) is 60.3 Å². The molecule has 1 saturated carbocycles. The molecule has 114 valence electrons. The fourth-order valence-corrected chi connectivity index (χ4v) is 4.09. The average molecular weight is 296 g/mol. The van der Waals surface area contributed by atoms with Crippen molar-refractivity contribution in [2.24, 2.45) is 0 Å². The largest absolute Gasteiger partial charge is 0.453 e. The normalized spacial score (nSPS) is 22.6. The molecule has 0 amide bonds. The molecule has 1 aromatic carbocycles. The number of esters is 1. The Bertz CT molecular complexity index is 713. The van der Waals surface area contributed by atoms with E-state index >= 15 is 0 Å². The summed E-state index contributed by atoms with van der Waals surface area (Å²) in [6, 6.07) is 7.89. The molecular formula is C18H20N2O2.